The van der Waals surface area contributed by atoms with Crippen LogP contribution in [0.25, 0.3) is 0 Å². The van der Waals surface area contributed by atoms with E-state index in [1.54, 1.807) is 36.4 Å². The third-order valence-corrected chi connectivity index (χ3v) is 4.02. The van der Waals surface area contributed by atoms with Gasteiger partial charge >= 0.3 is 0 Å². The normalized spacial score (nSPS) is 12.0. The van der Waals surface area contributed by atoms with Crippen LogP contribution in [0.4, 0.5) is 0 Å². The summed E-state index contributed by atoms with van der Waals surface area (Å²) >= 11 is 12.0. The van der Waals surface area contributed by atoms with Crippen LogP contribution in [-0.2, 0) is 9.53 Å². The minimum atomic E-state index is -0.807. The Hall–Kier alpha value is -2.28. The van der Waals surface area contributed by atoms with E-state index in [4.69, 9.17) is 37.4 Å². The number of carbonyl (C=O) groups is 1. The van der Waals surface area contributed by atoms with E-state index in [9.17, 15) is 4.79 Å². The highest BCUT2D eigenvalue weighted by molar-refractivity contribution is 6.32. The van der Waals surface area contributed by atoms with Crippen LogP contribution < -0.4 is 14.9 Å². The minimum absolute atomic E-state index is 0.371. The number of rotatable bonds is 7. The molecule has 0 radical (unpaired) electrons. The molecule has 2 aromatic rings. The molecule has 0 fully saturated rings. The van der Waals surface area contributed by atoms with Crippen molar-refractivity contribution < 1.29 is 19.0 Å². The summed E-state index contributed by atoms with van der Waals surface area (Å²) in [6.07, 6.45) is 0.638. The maximum absolute atomic E-state index is 12.3. The SMILES string of the molecule is COc1cc(/C=N/NC(=O)C(OC)c2ccc(Cl)cc2)cc(Cl)c1OC. The van der Waals surface area contributed by atoms with E-state index in [-0.39, 0.29) is 0 Å². The van der Waals surface area contributed by atoms with Crippen molar-refractivity contribution in [2.24, 2.45) is 5.10 Å². The molecule has 1 unspecified atom stereocenters. The highest BCUT2D eigenvalue weighted by Gasteiger charge is 2.19. The number of halogens is 2. The first-order valence-electron chi connectivity index (χ1n) is 7.52. The Morgan fingerprint density at radius 3 is 2.38 bits per heavy atom. The Bertz CT molecular complexity index is 795. The Morgan fingerprint density at radius 2 is 1.81 bits per heavy atom. The smallest absolute Gasteiger partial charge is 0.273 e. The van der Waals surface area contributed by atoms with E-state index in [0.717, 1.165) is 0 Å². The largest absolute Gasteiger partial charge is 0.493 e. The fraction of sp³-hybridized carbons (Fsp3) is 0.222. The lowest BCUT2D eigenvalue weighted by Crippen LogP contribution is -2.26. The van der Waals surface area contributed by atoms with E-state index in [1.807, 2.05) is 0 Å². The first-order valence-corrected chi connectivity index (χ1v) is 8.28. The van der Waals surface area contributed by atoms with Gasteiger partial charge in [0, 0.05) is 12.1 Å². The fourth-order valence-corrected chi connectivity index (χ4v) is 2.70. The van der Waals surface area contributed by atoms with Gasteiger partial charge in [0.1, 0.15) is 0 Å². The summed E-state index contributed by atoms with van der Waals surface area (Å²) in [6.45, 7) is 0. The average Bonchev–Trinajstić information content (AvgIpc) is 2.63. The molecule has 8 heteroatoms. The highest BCUT2D eigenvalue weighted by atomic mass is 35.5. The lowest BCUT2D eigenvalue weighted by molar-refractivity contribution is -0.131. The van der Waals surface area contributed by atoms with Crippen LogP contribution in [0, 0.1) is 0 Å². The molecule has 0 aliphatic heterocycles. The molecule has 0 aromatic heterocycles. The predicted molar refractivity (Wildman–Crippen MR) is 101 cm³/mol. The zero-order chi connectivity index (χ0) is 19.1. The Labute approximate surface area is 161 Å². The quantitative estimate of drug-likeness (QED) is 0.569. The van der Waals surface area contributed by atoms with Gasteiger partial charge in [-0.25, -0.2) is 5.43 Å². The molecule has 26 heavy (non-hydrogen) atoms. The zero-order valence-electron chi connectivity index (χ0n) is 14.5. The van der Waals surface area contributed by atoms with Gasteiger partial charge < -0.3 is 14.2 Å². The number of nitrogens with zero attached hydrogens (tertiary/aromatic N) is 1. The van der Waals surface area contributed by atoms with E-state index in [0.29, 0.717) is 32.7 Å². The summed E-state index contributed by atoms with van der Waals surface area (Å²) in [5.74, 6) is 0.471. The van der Waals surface area contributed by atoms with Gasteiger partial charge in [-0.15, -0.1) is 0 Å². The number of carbonyl (C=O) groups excluding carboxylic acids is 1. The number of hydrazone groups is 1. The monoisotopic (exact) mass is 396 g/mol. The number of hydrogen-bond acceptors (Lipinski definition) is 5. The van der Waals surface area contributed by atoms with Gasteiger partial charge in [0.25, 0.3) is 5.91 Å². The van der Waals surface area contributed by atoms with E-state index >= 15 is 0 Å². The molecule has 1 amide bonds. The van der Waals surface area contributed by atoms with Gasteiger partial charge in [0.05, 0.1) is 25.5 Å². The van der Waals surface area contributed by atoms with Crippen molar-refractivity contribution in [1.82, 2.24) is 5.43 Å². The molecule has 1 N–H and O–H groups in total. The predicted octanol–water partition coefficient (Wildman–Crippen LogP) is 3.85. The zero-order valence-corrected chi connectivity index (χ0v) is 16.0. The van der Waals surface area contributed by atoms with E-state index < -0.39 is 12.0 Å². The summed E-state index contributed by atoms with van der Waals surface area (Å²) in [5, 5.41) is 4.89. The summed E-state index contributed by atoms with van der Waals surface area (Å²) < 4.78 is 15.6. The lowest BCUT2D eigenvalue weighted by Gasteiger charge is -2.13. The molecule has 0 spiro atoms. The topological polar surface area (TPSA) is 69.2 Å². The van der Waals surface area contributed by atoms with Gasteiger partial charge in [-0.3, -0.25) is 4.79 Å². The average molecular weight is 397 g/mol. The molecule has 0 saturated heterocycles. The number of ether oxygens (including phenoxy) is 3. The number of benzene rings is 2. The molecule has 2 rings (SSSR count). The third-order valence-electron chi connectivity index (χ3n) is 3.49. The van der Waals surface area contributed by atoms with E-state index in [1.165, 1.54) is 27.5 Å². The second-order valence-corrected chi connectivity index (χ2v) is 5.98. The van der Waals surface area contributed by atoms with Gasteiger partial charge in [0.15, 0.2) is 17.6 Å². The molecular formula is C18H18Cl2N2O4. The van der Waals surface area contributed by atoms with Crippen LogP contribution in [0.5, 0.6) is 11.5 Å². The Kier molecular flexibility index (Phi) is 7.26. The van der Waals surface area contributed by atoms with E-state index in [2.05, 4.69) is 10.5 Å². The molecule has 0 bridgehead atoms. The summed E-state index contributed by atoms with van der Waals surface area (Å²) in [5.41, 5.74) is 3.74. The molecule has 138 valence electrons. The summed E-state index contributed by atoms with van der Waals surface area (Å²) in [6, 6.07) is 10.1. The number of methoxy groups -OCH3 is 3. The van der Waals surface area contributed by atoms with Crippen molar-refractivity contribution in [3.63, 3.8) is 0 Å². The van der Waals surface area contributed by atoms with Crippen molar-refractivity contribution in [3.05, 3.63) is 57.6 Å². The number of nitrogens with one attached hydrogen (secondary N) is 1. The first kappa shape index (κ1) is 20.0. The molecule has 0 saturated carbocycles. The summed E-state index contributed by atoms with van der Waals surface area (Å²) in [4.78, 5) is 12.3. The van der Waals surface area contributed by atoms with Crippen molar-refractivity contribution in [2.45, 2.75) is 6.10 Å². The molecule has 1 atom stereocenters. The summed E-state index contributed by atoms with van der Waals surface area (Å²) in [7, 11) is 4.45. The maximum Gasteiger partial charge on any atom is 0.273 e. The van der Waals surface area contributed by atoms with Crippen molar-refractivity contribution in [1.29, 1.82) is 0 Å². The molecule has 0 aliphatic rings. The van der Waals surface area contributed by atoms with Gasteiger partial charge in [-0.1, -0.05) is 35.3 Å². The van der Waals surface area contributed by atoms with Gasteiger partial charge in [-0.05, 0) is 35.4 Å². The Balaban J connectivity index is 2.10. The van der Waals surface area contributed by atoms with Crippen molar-refractivity contribution in [3.8, 4) is 11.5 Å². The number of hydrogen-bond donors (Lipinski definition) is 1. The maximum atomic E-state index is 12.3. The number of amides is 1. The van der Waals surface area contributed by atoms with Crippen LogP contribution in [-0.4, -0.2) is 33.5 Å². The van der Waals surface area contributed by atoms with Crippen molar-refractivity contribution in [2.75, 3.05) is 21.3 Å². The standard InChI is InChI=1S/C18H18Cl2N2O4/c1-24-15-9-11(8-14(20)17(15)26-3)10-21-22-18(23)16(25-2)12-4-6-13(19)7-5-12/h4-10,16H,1-3H3,(H,22,23)/b21-10+. The second kappa shape index (κ2) is 9.43. The molecular weight excluding hydrogens is 379 g/mol. The fourth-order valence-electron chi connectivity index (χ4n) is 2.27. The lowest BCUT2D eigenvalue weighted by atomic mass is 10.1. The minimum Gasteiger partial charge on any atom is -0.493 e. The van der Waals surface area contributed by atoms with Crippen LogP contribution in [0.3, 0.4) is 0 Å². The van der Waals surface area contributed by atoms with Crippen LogP contribution in [0.1, 0.15) is 17.2 Å². The van der Waals surface area contributed by atoms with Crippen molar-refractivity contribution >= 4 is 35.3 Å². The molecule has 0 heterocycles. The first-order chi connectivity index (χ1) is 12.5. The molecule has 6 nitrogen and oxygen atoms in total. The molecule has 2 aromatic carbocycles. The second-order valence-electron chi connectivity index (χ2n) is 5.14. The highest BCUT2D eigenvalue weighted by Crippen LogP contribution is 2.35. The van der Waals surface area contributed by atoms with Gasteiger partial charge in [0.2, 0.25) is 0 Å². The molecule has 0 aliphatic carbocycles. The van der Waals surface area contributed by atoms with Gasteiger partial charge in [-0.2, -0.15) is 5.10 Å². The van der Waals surface area contributed by atoms with Crippen LogP contribution >= 0.6 is 23.2 Å². The Morgan fingerprint density at radius 1 is 1.12 bits per heavy atom. The van der Waals surface area contributed by atoms with Crippen LogP contribution in [0.15, 0.2) is 41.5 Å². The third kappa shape index (κ3) is 4.88. The van der Waals surface area contributed by atoms with Crippen LogP contribution in [0.2, 0.25) is 10.0 Å².